The van der Waals surface area contributed by atoms with Gasteiger partial charge in [-0.05, 0) is 43.2 Å². The van der Waals surface area contributed by atoms with Gasteiger partial charge in [-0.25, -0.2) is 0 Å². The molecule has 34 heavy (non-hydrogen) atoms. The van der Waals surface area contributed by atoms with E-state index in [2.05, 4.69) is 29.4 Å². The van der Waals surface area contributed by atoms with E-state index < -0.39 is 0 Å². The Morgan fingerprint density at radius 2 is 1.74 bits per heavy atom. The van der Waals surface area contributed by atoms with E-state index in [1.54, 1.807) is 0 Å². The summed E-state index contributed by atoms with van der Waals surface area (Å²) in [7, 11) is 0. The van der Waals surface area contributed by atoms with E-state index in [4.69, 9.17) is 0 Å². The number of piperidine rings is 1. The second-order valence-electron chi connectivity index (χ2n) is 10.1. The zero-order chi connectivity index (χ0) is 23.7. The molecule has 2 aromatic heterocycles. The third-order valence-corrected chi connectivity index (χ3v) is 8.00. The third-order valence-electron chi connectivity index (χ3n) is 7.09. The largest absolute Gasteiger partial charge is 0.352 e. The van der Waals surface area contributed by atoms with E-state index in [0.717, 1.165) is 37.0 Å². The smallest absolute Gasteiger partial charge is 0.240 e. The van der Waals surface area contributed by atoms with E-state index in [0.29, 0.717) is 28.5 Å². The fraction of sp³-hybridized carbons (Fsp3) is 0.600. The van der Waals surface area contributed by atoms with E-state index >= 15 is 0 Å². The topological polar surface area (TPSA) is 84.5 Å². The zero-order valence-corrected chi connectivity index (χ0v) is 20.9. The molecule has 182 valence electrons. The summed E-state index contributed by atoms with van der Waals surface area (Å²) in [5, 5.41) is 12.7. The first-order valence-electron chi connectivity index (χ1n) is 12.5. The predicted molar refractivity (Wildman–Crippen MR) is 134 cm³/mol. The second kappa shape index (κ2) is 9.98. The van der Waals surface area contributed by atoms with Gasteiger partial charge in [-0.2, -0.15) is 0 Å². The van der Waals surface area contributed by atoms with Gasteiger partial charge < -0.3 is 10.2 Å². The minimum atomic E-state index is 0.0101. The number of carbonyl (C=O) groups is 2. The number of hydrogen-bond donors (Lipinski definition) is 1. The highest BCUT2D eigenvalue weighted by molar-refractivity contribution is 7.99. The minimum absolute atomic E-state index is 0.0101. The maximum Gasteiger partial charge on any atom is 0.240 e. The molecule has 2 unspecified atom stereocenters. The standard InChI is InChI=1S/C25H34N6O2S/c1-17-12-18(2)14-29(13-17)23(33)16-34-25-28-27-24-30(20-10-6-7-11-21(20)31(24)25)15-22(32)26-19-8-4-3-5-9-19/h6-7,10-11,17-19H,3-5,8-9,12-16H2,1-2H3,(H,26,32). The van der Waals surface area contributed by atoms with Crippen molar-refractivity contribution >= 4 is 40.4 Å². The Balaban J connectivity index is 1.34. The quantitative estimate of drug-likeness (QED) is 0.541. The van der Waals surface area contributed by atoms with Gasteiger partial charge >= 0.3 is 0 Å². The van der Waals surface area contributed by atoms with Crippen LogP contribution in [0.15, 0.2) is 29.4 Å². The molecule has 0 bridgehead atoms. The molecule has 3 heterocycles. The number of nitrogens with one attached hydrogen (secondary N) is 1. The molecule has 1 N–H and O–H groups in total. The fourth-order valence-electron chi connectivity index (χ4n) is 5.63. The fourth-order valence-corrected chi connectivity index (χ4v) is 6.48. The Labute approximate surface area is 204 Å². The zero-order valence-electron chi connectivity index (χ0n) is 20.1. The molecule has 1 saturated heterocycles. The number of carbonyl (C=O) groups excluding carboxylic acids is 2. The van der Waals surface area contributed by atoms with Crippen LogP contribution >= 0.6 is 11.8 Å². The Morgan fingerprint density at radius 1 is 1.03 bits per heavy atom. The van der Waals surface area contributed by atoms with Gasteiger partial charge in [-0.15, -0.1) is 10.2 Å². The van der Waals surface area contributed by atoms with Gasteiger partial charge in [0.25, 0.3) is 0 Å². The number of likely N-dealkylation sites (tertiary alicyclic amines) is 1. The molecule has 2 aliphatic rings. The highest BCUT2D eigenvalue weighted by atomic mass is 32.2. The summed E-state index contributed by atoms with van der Waals surface area (Å²) in [5.41, 5.74) is 1.89. The summed E-state index contributed by atoms with van der Waals surface area (Å²) in [4.78, 5) is 27.8. The number of benzene rings is 1. The first-order valence-corrected chi connectivity index (χ1v) is 13.5. The molecular formula is C25H34N6O2S. The number of hydrogen-bond acceptors (Lipinski definition) is 5. The summed E-state index contributed by atoms with van der Waals surface area (Å²) in [6.45, 7) is 6.29. The highest BCUT2D eigenvalue weighted by Gasteiger charge is 2.26. The highest BCUT2D eigenvalue weighted by Crippen LogP contribution is 2.27. The first-order chi connectivity index (χ1) is 16.5. The van der Waals surface area contributed by atoms with Crippen LogP contribution < -0.4 is 5.32 Å². The average Bonchev–Trinajstić information content (AvgIpc) is 3.37. The minimum Gasteiger partial charge on any atom is -0.352 e. The Morgan fingerprint density at radius 3 is 2.47 bits per heavy atom. The number of rotatable bonds is 6. The number of imidazole rings is 1. The van der Waals surface area contributed by atoms with Gasteiger partial charge in [0, 0.05) is 19.1 Å². The van der Waals surface area contributed by atoms with Crippen LogP contribution in [0.25, 0.3) is 16.8 Å². The van der Waals surface area contributed by atoms with Crippen molar-refractivity contribution in [2.75, 3.05) is 18.8 Å². The van der Waals surface area contributed by atoms with Crippen molar-refractivity contribution in [1.29, 1.82) is 0 Å². The number of nitrogens with zero attached hydrogens (tertiary/aromatic N) is 5. The molecule has 0 radical (unpaired) electrons. The first kappa shape index (κ1) is 23.2. The number of aromatic nitrogens is 4. The summed E-state index contributed by atoms with van der Waals surface area (Å²) in [5.74, 6) is 2.20. The van der Waals surface area contributed by atoms with Crippen LogP contribution in [-0.4, -0.2) is 60.8 Å². The molecule has 1 aliphatic carbocycles. The molecule has 5 rings (SSSR count). The van der Waals surface area contributed by atoms with Crippen molar-refractivity contribution < 1.29 is 9.59 Å². The monoisotopic (exact) mass is 482 g/mol. The van der Waals surface area contributed by atoms with Crippen LogP contribution in [0.5, 0.6) is 0 Å². The number of amides is 2. The lowest BCUT2D eigenvalue weighted by atomic mass is 9.92. The van der Waals surface area contributed by atoms with Crippen LogP contribution in [0.3, 0.4) is 0 Å². The lowest BCUT2D eigenvalue weighted by Gasteiger charge is -2.34. The van der Waals surface area contributed by atoms with Crippen LogP contribution in [0.4, 0.5) is 0 Å². The molecule has 1 aliphatic heterocycles. The maximum atomic E-state index is 12.9. The van der Waals surface area contributed by atoms with E-state index in [-0.39, 0.29) is 24.4 Å². The van der Waals surface area contributed by atoms with Crippen molar-refractivity contribution in [3.05, 3.63) is 24.3 Å². The molecule has 1 saturated carbocycles. The van der Waals surface area contributed by atoms with Crippen LogP contribution in [-0.2, 0) is 16.1 Å². The van der Waals surface area contributed by atoms with Gasteiger partial charge in [0.1, 0.15) is 6.54 Å². The number of thioether (sulfide) groups is 1. The van der Waals surface area contributed by atoms with Gasteiger partial charge in [0.15, 0.2) is 5.16 Å². The molecule has 2 atom stereocenters. The van der Waals surface area contributed by atoms with Gasteiger partial charge in [0.05, 0.1) is 16.8 Å². The van der Waals surface area contributed by atoms with E-state index in [1.807, 2.05) is 38.1 Å². The summed E-state index contributed by atoms with van der Waals surface area (Å²) in [6, 6.07) is 8.24. The van der Waals surface area contributed by atoms with Gasteiger partial charge in [0.2, 0.25) is 17.6 Å². The molecule has 1 aromatic carbocycles. The Kier molecular flexibility index (Phi) is 6.81. The lowest BCUT2D eigenvalue weighted by molar-refractivity contribution is -0.131. The van der Waals surface area contributed by atoms with Crippen LogP contribution in [0.2, 0.25) is 0 Å². The second-order valence-corrected chi connectivity index (χ2v) is 11.1. The predicted octanol–water partition coefficient (Wildman–Crippen LogP) is 3.73. The Bertz CT molecular complexity index is 1170. The number of fused-ring (bicyclic) bond motifs is 3. The van der Waals surface area contributed by atoms with E-state index in [1.165, 1.54) is 37.4 Å². The molecule has 8 nitrogen and oxygen atoms in total. The summed E-state index contributed by atoms with van der Waals surface area (Å²) in [6.07, 6.45) is 6.91. The van der Waals surface area contributed by atoms with Crippen LogP contribution in [0, 0.1) is 11.8 Å². The average molecular weight is 483 g/mol. The summed E-state index contributed by atoms with van der Waals surface area (Å²) < 4.78 is 3.91. The van der Waals surface area contributed by atoms with E-state index in [9.17, 15) is 9.59 Å². The normalized spacial score (nSPS) is 21.9. The SMILES string of the molecule is CC1CC(C)CN(C(=O)CSc2nnc3n(CC(=O)NC4CCCCC4)c4ccccc4n23)C1. The number of para-hydroxylation sites is 2. The molecule has 0 spiro atoms. The molecule has 2 amide bonds. The summed E-state index contributed by atoms with van der Waals surface area (Å²) >= 11 is 1.42. The van der Waals surface area contributed by atoms with Crippen molar-refractivity contribution in [2.45, 2.75) is 70.1 Å². The van der Waals surface area contributed by atoms with Crippen molar-refractivity contribution in [3.63, 3.8) is 0 Å². The van der Waals surface area contributed by atoms with Gasteiger partial charge in [-0.1, -0.05) is 57.0 Å². The van der Waals surface area contributed by atoms with Crippen molar-refractivity contribution in [1.82, 2.24) is 29.4 Å². The molecule has 3 aromatic rings. The van der Waals surface area contributed by atoms with Gasteiger partial charge in [-0.3, -0.25) is 18.6 Å². The van der Waals surface area contributed by atoms with Crippen LogP contribution in [0.1, 0.15) is 52.4 Å². The lowest BCUT2D eigenvalue weighted by Crippen LogP contribution is -2.43. The molecular weight excluding hydrogens is 448 g/mol. The van der Waals surface area contributed by atoms with Crippen molar-refractivity contribution in [3.8, 4) is 0 Å². The third kappa shape index (κ3) is 4.80. The van der Waals surface area contributed by atoms with Crippen molar-refractivity contribution in [2.24, 2.45) is 11.8 Å². The Hall–Kier alpha value is -2.55. The molecule has 2 fully saturated rings. The molecule has 9 heteroatoms. The maximum absolute atomic E-state index is 12.9.